The molecule has 2 aromatic rings. The van der Waals surface area contributed by atoms with Gasteiger partial charge in [-0.25, -0.2) is 4.79 Å². The van der Waals surface area contributed by atoms with E-state index in [0.717, 1.165) is 36.6 Å². The number of halogens is 1. The van der Waals surface area contributed by atoms with Crippen LogP contribution >= 0.6 is 28.6 Å². The third kappa shape index (κ3) is 8.05. The Morgan fingerprint density at radius 1 is 1.10 bits per heavy atom. The number of aromatic nitrogens is 1. The Kier molecular flexibility index (Phi) is 13.6. The van der Waals surface area contributed by atoms with E-state index < -0.39 is 17.7 Å². The lowest BCUT2D eigenvalue weighted by molar-refractivity contribution is -0.142. The SMILES string of the molecule is CCC(C)CCCCCN(C(=O)C(NC(=O)OC)C(C)C)C(CC)(c1cc(=O)c2ccc(Br)cc2[nH]1)C(S)CC. The van der Waals surface area contributed by atoms with Gasteiger partial charge in [0.25, 0.3) is 0 Å². The number of pyridine rings is 1. The minimum Gasteiger partial charge on any atom is -0.453 e. The van der Waals surface area contributed by atoms with Crippen LogP contribution in [-0.2, 0) is 15.1 Å². The van der Waals surface area contributed by atoms with Crippen molar-refractivity contribution in [2.75, 3.05) is 13.7 Å². The van der Waals surface area contributed by atoms with Crippen molar-refractivity contribution < 1.29 is 14.3 Å². The van der Waals surface area contributed by atoms with E-state index in [1.54, 1.807) is 12.1 Å². The largest absolute Gasteiger partial charge is 0.453 e. The van der Waals surface area contributed by atoms with Gasteiger partial charge < -0.3 is 19.9 Å². The van der Waals surface area contributed by atoms with Crippen LogP contribution in [0.15, 0.2) is 33.5 Å². The molecule has 0 fully saturated rings. The van der Waals surface area contributed by atoms with Gasteiger partial charge in [-0.15, -0.1) is 0 Å². The molecule has 1 heterocycles. The number of hydrogen-bond acceptors (Lipinski definition) is 5. The molecular formula is C31H48BrN3O4S. The first-order valence-corrected chi connectivity index (χ1v) is 15.9. The van der Waals surface area contributed by atoms with Gasteiger partial charge in [0.2, 0.25) is 5.91 Å². The van der Waals surface area contributed by atoms with Crippen LogP contribution in [0.4, 0.5) is 4.79 Å². The number of aromatic amines is 1. The number of carbonyl (C=O) groups is 2. The highest BCUT2D eigenvalue weighted by Crippen LogP contribution is 2.40. The molecule has 0 spiro atoms. The summed E-state index contributed by atoms with van der Waals surface area (Å²) in [4.78, 5) is 45.5. The van der Waals surface area contributed by atoms with E-state index in [1.807, 2.05) is 44.7 Å². The molecule has 0 radical (unpaired) electrons. The highest BCUT2D eigenvalue weighted by molar-refractivity contribution is 9.10. The molecule has 1 aromatic heterocycles. The van der Waals surface area contributed by atoms with E-state index in [0.29, 0.717) is 41.9 Å². The fourth-order valence-corrected chi connectivity index (χ4v) is 6.26. The van der Waals surface area contributed by atoms with E-state index in [2.05, 4.69) is 40.1 Å². The number of hydrogen-bond donors (Lipinski definition) is 3. The van der Waals surface area contributed by atoms with Crippen LogP contribution in [0.2, 0.25) is 0 Å². The number of rotatable bonds is 15. The molecule has 9 heteroatoms. The molecule has 0 saturated carbocycles. The maximum Gasteiger partial charge on any atom is 0.407 e. The zero-order valence-electron chi connectivity index (χ0n) is 25.2. The number of nitrogens with zero attached hydrogens (tertiary/aromatic N) is 1. The zero-order valence-corrected chi connectivity index (χ0v) is 27.7. The number of alkyl carbamates (subject to hydrolysis) is 1. The normalized spacial score (nSPS) is 15.3. The molecule has 0 aliphatic carbocycles. The Bertz CT molecular complexity index is 1190. The van der Waals surface area contributed by atoms with Crippen molar-refractivity contribution >= 4 is 51.5 Å². The number of benzene rings is 1. The van der Waals surface area contributed by atoms with Gasteiger partial charge in [-0.05, 0) is 49.3 Å². The lowest BCUT2D eigenvalue weighted by Gasteiger charge is -2.48. The summed E-state index contributed by atoms with van der Waals surface area (Å²) in [6.45, 7) is 12.8. The Morgan fingerprint density at radius 3 is 2.38 bits per heavy atom. The smallest absolute Gasteiger partial charge is 0.407 e. The fourth-order valence-electron chi connectivity index (χ4n) is 5.43. The van der Waals surface area contributed by atoms with Crippen LogP contribution in [0.5, 0.6) is 0 Å². The Morgan fingerprint density at radius 2 is 1.80 bits per heavy atom. The quantitative estimate of drug-likeness (QED) is 0.140. The Hall–Kier alpha value is -2.00. The summed E-state index contributed by atoms with van der Waals surface area (Å²) in [5.74, 6) is 0.290. The Balaban J connectivity index is 2.69. The first-order chi connectivity index (χ1) is 19.0. The molecule has 0 aliphatic rings. The summed E-state index contributed by atoms with van der Waals surface area (Å²) in [7, 11) is 1.29. The summed E-state index contributed by atoms with van der Waals surface area (Å²) in [6.07, 6.45) is 5.74. The third-order valence-electron chi connectivity index (χ3n) is 8.15. The fraction of sp³-hybridized carbons (Fsp3) is 0.645. The maximum atomic E-state index is 14.5. The van der Waals surface area contributed by atoms with Gasteiger partial charge in [0.1, 0.15) is 6.04 Å². The molecule has 0 bridgehead atoms. The van der Waals surface area contributed by atoms with Crippen LogP contribution in [0.3, 0.4) is 0 Å². The van der Waals surface area contributed by atoms with E-state index >= 15 is 0 Å². The molecule has 2 rings (SSSR count). The molecule has 1 aromatic carbocycles. The van der Waals surface area contributed by atoms with Crippen LogP contribution in [0, 0.1) is 11.8 Å². The number of fused-ring (bicyclic) bond motifs is 1. The molecule has 0 saturated heterocycles. The second-order valence-corrected chi connectivity index (χ2v) is 12.7. The average Bonchev–Trinajstić information content (AvgIpc) is 2.93. The number of H-pyrrole nitrogens is 1. The minimum atomic E-state index is -0.910. The molecule has 0 aliphatic heterocycles. The van der Waals surface area contributed by atoms with Crippen molar-refractivity contribution in [3.05, 3.63) is 44.7 Å². The topological polar surface area (TPSA) is 91.5 Å². The molecule has 4 atom stereocenters. The van der Waals surface area contributed by atoms with Crippen LogP contribution in [-0.4, -0.2) is 46.8 Å². The van der Waals surface area contributed by atoms with E-state index in [-0.39, 0.29) is 22.5 Å². The van der Waals surface area contributed by atoms with E-state index in [4.69, 9.17) is 17.4 Å². The highest BCUT2D eigenvalue weighted by Gasteiger charge is 2.47. The van der Waals surface area contributed by atoms with Crippen molar-refractivity contribution in [3.8, 4) is 0 Å². The van der Waals surface area contributed by atoms with Gasteiger partial charge in [0, 0.05) is 33.4 Å². The summed E-state index contributed by atoms with van der Waals surface area (Å²) >= 11 is 8.58. The number of methoxy groups -OCH3 is 1. The van der Waals surface area contributed by atoms with E-state index in [9.17, 15) is 14.4 Å². The average molecular weight is 639 g/mol. The zero-order chi connectivity index (χ0) is 30.0. The second kappa shape index (κ2) is 15.9. The van der Waals surface area contributed by atoms with Crippen LogP contribution < -0.4 is 10.7 Å². The monoisotopic (exact) mass is 637 g/mol. The van der Waals surface area contributed by atoms with Crippen LogP contribution in [0.1, 0.15) is 92.2 Å². The van der Waals surface area contributed by atoms with Gasteiger partial charge in [0.15, 0.2) is 5.43 Å². The van der Waals surface area contributed by atoms with Crippen molar-refractivity contribution in [2.45, 2.75) is 103 Å². The molecule has 2 N–H and O–H groups in total. The predicted molar refractivity (Wildman–Crippen MR) is 171 cm³/mol. The number of nitrogens with one attached hydrogen (secondary N) is 2. The van der Waals surface area contributed by atoms with Gasteiger partial charge >= 0.3 is 6.09 Å². The van der Waals surface area contributed by atoms with Gasteiger partial charge in [-0.3, -0.25) is 9.59 Å². The molecule has 4 unspecified atom stereocenters. The number of amides is 2. The maximum absolute atomic E-state index is 14.5. The summed E-state index contributed by atoms with van der Waals surface area (Å²) < 4.78 is 5.71. The second-order valence-electron chi connectivity index (χ2n) is 11.1. The van der Waals surface area contributed by atoms with Crippen LogP contribution in [0.25, 0.3) is 10.9 Å². The number of carbonyl (C=O) groups excluding carboxylic acids is 2. The first-order valence-electron chi connectivity index (χ1n) is 14.6. The van der Waals surface area contributed by atoms with Crippen molar-refractivity contribution in [2.24, 2.45) is 11.8 Å². The number of ether oxygens (including phenoxy) is 1. The summed E-state index contributed by atoms with van der Waals surface area (Å²) in [5.41, 5.74) is 0.327. The number of unbranched alkanes of at least 4 members (excludes halogenated alkanes) is 2. The van der Waals surface area contributed by atoms with Crippen molar-refractivity contribution in [1.29, 1.82) is 0 Å². The number of thiol groups is 1. The van der Waals surface area contributed by atoms with Gasteiger partial charge in [-0.2, -0.15) is 12.6 Å². The van der Waals surface area contributed by atoms with Crippen molar-refractivity contribution in [3.63, 3.8) is 0 Å². The summed E-state index contributed by atoms with van der Waals surface area (Å²) in [5, 5.41) is 3.08. The van der Waals surface area contributed by atoms with Gasteiger partial charge in [0.05, 0.1) is 18.2 Å². The summed E-state index contributed by atoms with van der Waals surface area (Å²) in [6, 6.07) is 6.36. The predicted octanol–water partition coefficient (Wildman–Crippen LogP) is 7.42. The lowest BCUT2D eigenvalue weighted by Crippen LogP contribution is -2.61. The molecule has 7 nitrogen and oxygen atoms in total. The van der Waals surface area contributed by atoms with Crippen molar-refractivity contribution in [1.82, 2.24) is 15.2 Å². The van der Waals surface area contributed by atoms with Gasteiger partial charge in [-0.1, -0.05) is 83.2 Å². The third-order valence-corrected chi connectivity index (χ3v) is 9.44. The minimum absolute atomic E-state index is 0.111. The molecule has 2 amide bonds. The molecule has 224 valence electrons. The Labute approximate surface area is 253 Å². The highest BCUT2D eigenvalue weighted by atomic mass is 79.9. The molecule has 40 heavy (non-hydrogen) atoms. The molecular weight excluding hydrogens is 590 g/mol. The standard InChI is InChI=1S/C31H48BrN3O4S/c1-8-21(6)14-12-11-13-17-35(29(37)28(20(4)5)34-30(38)39-7)31(10-3,27(40)9-2)26-19-25(36)23-16-15-22(32)18-24(23)33-26/h15-16,18-21,27-28,40H,8-14,17H2,1-7H3,(H,33,36)(H,34,38). The van der Waals surface area contributed by atoms with E-state index in [1.165, 1.54) is 7.11 Å². The first kappa shape index (κ1) is 34.2. The lowest BCUT2D eigenvalue weighted by atomic mass is 9.82.